The van der Waals surface area contributed by atoms with Crippen LogP contribution in [0.3, 0.4) is 0 Å². The van der Waals surface area contributed by atoms with Gasteiger partial charge in [-0.05, 0) is 50.3 Å². The van der Waals surface area contributed by atoms with Crippen molar-refractivity contribution in [3.63, 3.8) is 0 Å². The number of hydrogen-bond acceptors (Lipinski definition) is 4. The monoisotopic (exact) mass is 308 g/mol. The minimum atomic E-state index is 0.507. The van der Waals surface area contributed by atoms with Crippen LogP contribution in [0.1, 0.15) is 43.3 Å². The molecule has 0 amide bonds. The fourth-order valence-electron chi connectivity index (χ4n) is 3.54. The molecule has 0 radical (unpaired) electrons. The van der Waals surface area contributed by atoms with E-state index < -0.39 is 0 Å². The first-order valence-corrected chi connectivity index (χ1v) is 8.41. The zero-order valence-corrected chi connectivity index (χ0v) is 12.9. The van der Waals surface area contributed by atoms with Gasteiger partial charge in [0, 0.05) is 17.7 Å². The lowest BCUT2D eigenvalue weighted by Crippen LogP contribution is -2.32. The Balaban J connectivity index is 1.54. The number of H-pyrrole nitrogens is 1. The van der Waals surface area contributed by atoms with Gasteiger partial charge in [0.15, 0.2) is 0 Å². The van der Waals surface area contributed by atoms with Crippen LogP contribution in [0.2, 0.25) is 0 Å². The minimum Gasteiger partial charge on any atom is -0.330 e. The second kappa shape index (κ2) is 4.89. The molecule has 6 heteroatoms. The molecule has 23 heavy (non-hydrogen) atoms. The Morgan fingerprint density at radius 1 is 1.26 bits per heavy atom. The van der Waals surface area contributed by atoms with E-state index in [-0.39, 0.29) is 0 Å². The standard InChI is InChI=1S/C17H20N6/c18-7-10-5-12(6-10)23-9-13(17(22-23)11-1-2-11)14-3-4-15-16(20-14)8-19-21-15/h3-4,8-12H,1-2,5-7,18H2,(H,19,21). The molecule has 0 unspecified atom stereocenters. The molecule has 3 heterocycles. The van der Waals surface area contributed by atoms with Crippen LogP contribution in [0.4, 0.5) is 0 Å². The number of aromatic nitrogens is 5. The lowest BCUT2D eigenvalue weighted by atomic mass is 9.80. The van der Waals surface area contributed by atoms with Gasteiger partial charge in [-0.25, -0.2) is 4.98 Å². The zero-order valence-electron chi connectivity index (χ0n) is 12.9. The summed E-state index contributed by atoms with van der Waals surface area (Å²) in [6.45, 7) is 0.790. The molecule has 3 N–H and O–H groups in total. The van der Waals surface area contributed by atoms with Crippen molar-refractivity contribution in [1.82, 2.24) is 25.0 Å². The van der Waals surface area contributed by atoms with E-state index in [1.54, 1.807) is 6.20 Å². The molecule has 118 valence electrons. The number of aromatic amines is 1. The van der Waals surface area contributed by atoms with E-state index in [1.807, 2.05) is 6.07 Å². The summed E-state index contributed by atoms with van der Waals surface area (Å²) in [7, 11) is 0. The summed E-state index contributed by atoms with van der Waals surface area (Å²) in [4.78, 5) is 4.76. The summed E-state index contributed by atoms with van der Waals surface area (Å²) in [5, 5.41) is 11.9. The molecule has 5 rings (SSSR count). The zero-order chi connectivity index (χ0) is 15.4. The molecule has 3 aromatic heterocycles. The largest absolute Gasteiger partial charge is 0.330 e. The highest BCUT2D eigenvalue weighted by atomic mass is 15.3. The maximum atomic E-state index is 5.75. The summed E-state index contributed by atoms with van der Waals surface area (Å²) in [5.74, 6) is 1.27. The molecule has 0 atom stereocenters. The van der Waals surface area contributed by atoms with Gasteiger partial charge in [0.25, 0.3) is 0 Å². The van der Waals surface area contributed by atoms with Gasteiger partial charge in [-0.15, -0.1) is 0 Å². The average molecular weight is 308 g/mol. The highest BCUT2D eigenvalue weighted by molar-refractivity contribution is 5.77. The lowest BCUT2D eigenvalue weighted by Gasteiger charge is -2.34. The van der Waals surface area contributed by atoms with Crippen molar-refractivity contribution in [3.8, 4) is 11.3 Å². The van der Waals surface area contributed by atoms with E-state index in [9.17, 15) is 0 Å². The number of rotatable bonds is 4. The van der Waals surface area contributed by atoms with Crippen molar-refractivity contribution in [2.24, 2.45) is 11.7 Å². The molecule has 2 aliphatic carbocycles. The molecule has 2 saturated carbocycles. The van der Waals surface area contributed by atoms with Crippen LogP contribution in [-0.2, 0) is 0 Å². The number of fused-ring (bicyclic) bond motifs is 1. The van der Waals surface area contributed by atoms with Crippen LogP contribution in [0.15, 0.2) is 24.5 Å². The third-order valence-electron chi connectivity index (χ3n) is 5.22. The number of nitrogens with two attached hydrogens (primary N) is 1. The molecule has 0 aromatic carbocycles. The number of hydrogen-bond donors (Lipinski definition) is 2. The van der Waals surface area contributed by atoms with Crippen molar-refractivity contribution in [1.29, 1.82) is 0 Å². The maximum absolute atomic E-state index is 5.75. The molecule has 2 aliphatic rings. The van der Waals surface area contributed by atoms with E-state index in [1.165, 1.54) is 24.1 Å². The lowest BCUT2D eigenvalue weighted by molar-refractivity contribution is 0.189. The Kier molecular flexibility index (Phi) is 2.82. The number of nitrogens with one attached hydrogen (secondary N) is 1. The van der Waals surface area contributed by atoms with Gasteiger partial charge in [0.2, 0.25) is 0 Å². The van der Waals surface area contributed by atoms with Gasteiger partial charge >= 0.3 is 0 Å². The van der Waals surface area contributed by atoms with Gasteiger partial charge in [-0.3, -0.25) is 9.78 Å². The summed E-state index contributed by atoms with van der Waals surface area (Å²) in [5.41, 5.74) is 11.0. The molecule has 0 aliphatic heterocycles. The van der Waals surface area contributed by atoms with E-state index in [0.717, 1.165) is 36.1 Å². The van der Waals surface area contributed by atoms with Gasteiger partial charge in [0.1, 0.15) is 5.52 Å². The molecule has 6 nitrogen and oxygen atoms in total. The maximum Gasteiger partial charge on any atom is 0.109 e. The SMILES string of the molecule is NCC1CC(n2cc(-c3ccc4[nH]ncc4n3)c(C3CC3)n2)C1. The van der Waals surface area contributed by atoms with Gasteiger partial charge < -0.3 is 5.73 Å². The second-order valence-electron chi connectivity index (χ2n) is 6.91. The van der Waals surface area contributed by atoms with Gasteiger partial charge in [0.05, 0.1) is 29.1 Å². The van der Waals surface area contributed by atoms with Crippen LogP contribution >= 0.6 is 0 Å². The van der Waals surface area contributed by atoms with E-state index in [2.05, 4.69) is 27.1 Å². The second-order valence-corrected chi connectivity index (χ2v) is 6.91. The highest BCUT2D eigenvalue weighted by Gasteiger charge is 2.34. The Labute approximate surface area is 134 Å². The molecule has 3 aromatic rings. The Morgan fingerprint density at radius 2 is 2.13 bits per heavy atom. The predicted molar refractivity (Wildman–Crippen MR) is 87.9 cm³/mol. The summed E-state index contributed by atoms with van der Waals surface area (Å²) >= 11 is 0. The van der Waals surface area contributed by atoms with Crippen LogP contribution in [0, 0.1) is 5.92 Å². The van der Waals surface area contributed by atoms with Crippen LogP contribution in [0.5, 0.6) is 0 Å². The van der Waals surface area contributed by atoms with Crippen LogP contribution < -0.4 is 5.73 Å². The fourth-order valence-corrected chi connectivity index (χ4v) is 3.54. The van der Waals surface area contributed by atoms with E-state index >= 15 is 0 Å². The topological polar surface area (TPSA) is 85.4 Å². The van der Waals surface area contributed by atoms with Crippen LogP contribution in [0.25, 0.3) is 22.3 Å². The fraction of sp³-hybridized carbons (Fsp3) is 0.471. The van der Waals surface area contributed by atoms with Gasteiger partial charge in [-0.1, -0.05) is 0 Å². The first-order valence-electron chi connectivity index (χ1n) is 8.41. The molecule has 0 spiro atoms. The smallest absolute Gasteiger partial charge is 0.109 e. The summed E-state index contributed by atoms with van der Waals surface area (Å²) in [6, 6.07) is 4.62. The molecule has 0 saturated heterocycles. The summed E-state index contributed by atoms with van der Waals surface area (Å²) < 4.78 is 2.16. The number of pyridine rings is 1. The minimum absolute atomic E-state index is 0.507. The first kappa shape index (κ1) is 13.2. The normalized spacial score (nSPS) is 24.0. The molecule has 2 fully saturated rings. The quantitative estimate of drug-likeness (QED) is 0.776. The Bertz CT molecular complexity index is 853. The van der Waals surface area contributed by atoms with Crippen molar-refractivity contribution >= 4 is 11.0 Å². The van der Waals surface area contributed by atoms with Crippen molar-refractivity contribution in [3.05, 3.63) is 30.2 Å². The van der Waals surface area contributed by atoms with Crippen LogP contribution in [-0.4, -0.2) is 31.5 Å². The first-order chi connectivity index (χ1) is 11.3. The molecule has 0 bridgehead atoms. The van der Waals surface area contributed by atoms with Crippen molar-refractivity contribution in [2.45, 2.75) is 37.6 Å². The Morgan fingerprint density at radius 3 is 2.91 bits per heavy atom. The van der Waals surface area contributed by atoms with Crippen molar-refractivity contribution in [2.75, 3.05) is 6.54 Å². The average Bonchev–Trinajstić information content (AvgIpc) is 3.10. The molecular weight excluding hydrogens is 288 g/mol. The third kappa shape index (κ3) is 2.16. The predicted octanol–water partition coefficient (Wildman–Crippen LogP) is 2.61. The van der Waals surface area contributed by atoms with E-state index in [0.29, 0.717) is 17.9 Å². The number of nitrogens with zero attached hydrogens (tertiary/aromatic N) is 4. The molecular formula is C17H20N6. The van der Waals surface area contributed by atoms with Crippen molar-refractivity contribution < 1.29 is 0 Å². The van der Waals surface area contributed by atoms with E-state index in [4.69, 9.17) is 15.8 Å². The van der Waals surface area contributed by atoms with Gasteiger partial charge in [-0.2, -0.15) is 10.2 Å². The highest BCUT2D eigenvalue weighted by Crippen LogP contribution is 2.45. The Hall–Kier alpha value is -2.21. The third-order valence-corrected chi connectivity index (χ3v) is 5.22. The summed E-state index contributed by atoms with van der Waals surface area (Å²) in [6.07, 6.45) is 8.76.